The van der Waals surface area contributed by atoms with E-state index in [1.54, 1.807) is 30.3 Å². The Kier molecular flexibility index (Phi) is 5.18. The lowest BCUT2D eigenvalue weighted by atomic mass is 10.1. The maximum Gasteiger partial charge on any atom is 0.337 e. The van der Waals surface area contributed by atoms with Gasteiger partial charge in [-0.25, -0.2) is 4.79 Å². The molecule has 1 heterocycles. The van der Waals surface area contributed by atoms with Crippen LogP contribution in [0.1, 0.15) is 39.1 Å². The Bertz CT molecular complexity index is 880. The predicted octanol–water partition coefficient (Wildman–Crippen LogP) is 3.20. The first-order valence-electron chi connectivity index (χ1n) is 8.41. The monoisotopic (exact) mass is 349 g/mol. The van der Waals surface area contributed by atoms with Gasteiger partial charge in [-0.05, 0) is 49.2 Å². The van der Waals surface area contributed by atoms with Crippen molar-refractivity contribution in [2.24, 2.45) is 0 Å². The third-order valence-corrected chi connectivity index (χ3v) is 4.37. The van der Waals surface area contributed by atoms with Crippen molar-refractivity contribution in [3.05, 3.63) is 59.2 Å². The van der Waals surface area contributed by atoms with E-state index in [2.05, 4.69) is 10.2 Å². The van der Waals surface area contributed by atoms with Crippen molar-refractivity contribution in [1.82, 2.24) is 0 Å². The first-order chi connectivity index (χ1) is 12.6. The molecule has 2 aromatic rings. The second kappa shape index (κ2) is 7.70. The molecule has 0 spiro atoms. The van der Waals surface area contributed by atoms with Crippen molar-refractivity contribution in [3.8, 4) is 6.07 Å². The lowest BCUT2D eigenvalue weighted by molar-refractivity contribution is 0.0600. The van der Waals surface area contributed by atoms with E-state index in [9.17, 15) is 9.59 Å². The maximum absolute atomic E-state index is 12.6. The molecule has 1 saturated heterocycles. The predicted molar refractivity (Wildman–Crippen MR) is 98.3 cm³/mol. The summed E-state index contributed by atoms with van der Waals surface area (Å²) in [5.41, 5.74) is 2.61. The number of nitriles is 1. The molecule has 3 rings (SSSR count). The highest BCUT2D eigenvalue weighted by Crippen LogP contribution is 2.30. The van der Waals surface area contributed by atoms with Crippen LogP contribution < -0.4 is 10.2 Å². The number of anilines is 2. The number of benzene rings is 2. The van der Waals surface area contributed by atoms with E-state index in [0.29, 0.717) is 22.4 Å². The van der Waals surface area contributed by atoms with Crippen molar-refractivity contribution in [1.29, 1.82) is 5.26 Å². The Morgan fingerprint density at radius 3 is 2.58 bits per heavy atom. The van der Waals surface area contributed by atoms with Crippen molar-refractivity contribution in [2.45, 2.75) is 12.8 Å². The Morgan fingerprint density at radius 2 is 1.88 bits per heavy atom. The van der Waals surface area contributed by atoms with E-state index in [-0.39, 0.29) is 5.91 Å². The smallest absolute Gasteiger partial charge is 0.337 e. The van der Waals surface area contributed by atoms with Crippen molar-refractivity contribution in [3.63, 3.8) is 0 Å². The van der Waals surface area contributed by atoms with Gasteiger partial charge in [0.15, 0.2) is 0 Å². The average Bonchev–Trinajstić information content (AvgIpc) is 3.21. The number of methoxy groups -OCH3 is 1. The van der Waals surface area contributed by atoms with E-state index in [1.165, 1.54) is 13.2 Å². The van der Waals surface area contributed by atoms with Gasteiger partial charge in [0.05, 0.1) is 35.7 Å². The number of amides is 1. The molecule has 1 N–H and O–H groups in total. The zero-order valence-electron chi connectivity index (χ0n) is 14.5. The Balaban J connectivity index is 1.93. The van der Waals surface area contributed by atoms with E-state index < -0.39 is 5.97 Å². The highest BCUT2D eigenvalue weighted by Gasteiger charge is 2.19. The third kappa shape index (κ3) is 3.67. The van der Waals surface area contributed by atoms with E-state index in [1.807, 2.05) is 12.1 Å². The number of rotatable bonds is 4. The zero-order chi connectivity index (χ0) is 18.5. The lowest BCUT2D eigenvalue weighted by Crippen LogP contribution is -2.21. The van der Waals surface area contributed by atoms with Crippen LogP contribution >= 0.6 is 0 Å². The number of hydrogen-bond donors (Lipinski definition) is 1. The summed E-state index contributed by atoms with van der Waals surface area (Å²) in [4.78, 5) is 26.7. The van der Waals surface area contributed by atoms with Gasteiger partial charge in [-0.1, -0.05) is 6.07 Å². The van der Waals surface area contributed by atoms with Crippen LogP contribution in [0.15, 0.2) is 42.5 Å². The molecule has 26 heavy (non-hydrogen) atoms. The second-order valence-electron chi connectivity index (χ2n) is 6.06. The van der Waals surface area contributed by atoms with Gasteiger partial charge in [0.1, 0.15) is 0 Å². The minimum absolute atomic E-state index is 0.329. The molecule has 1 amide bonds. The molecule has 1 aliphatic heterocycles. The van der Waals surface area contributed by atoms with Gasteiger partial charge < -0.3 is 15.0 Å². The summed E-state index contributed by atoms with van der Waals surface area (Å²) in [6, 6.07) is 13.7. The summed E-state index contributed by atoms with van der Waals surface area (Å²) >= 11 is 0. The number of nitrogens with zero attached hydrogens (tertiary/aromatic N) is 2. The first-order valence-corrected chi connectivity index (χ1v) is 8.41. The molecule has 6 heteroatoms. The third-order valence-electron chi connectivity index (χ3n) is 4.37. The quantitative estimate of drug-likeness (QED) is 0.857. The van der Waals surface area contributed by atoms with Crippen molar-refractivity contribution in [2.75, 3.05) is 30.4 Å². The number of ether oxygens (including phenoxy) is 1. The summed E-state index contributed by atoms with van der Waals surface area (Å²) in [6.07, 6.45) is 2.19. The molecule has 1 fully saturated rings. The average molecular weight is 349 g/mol. The van der Waals surface area contributed by atoms with Crippen LogP contribution in [0, 0.1) is 11.3 Å². The largest absolute Gasteiger partial charge is 0.465 e. The molecule has 0 radical (unpaired) electrons. The van der Waals surface area contributed by atoms with E-state index >= 15 is 0 Å². The SMILES string of the molecule is COC(=O)c1ccc(N2CCCC2)c(NC(=O)c2cccc(C#N)c2)c1. The molecule has 0 aliphatic carbocycles. The van der Waals surface area contributed by atoms with Gasteiger partial charge in [0, 0.05) is 18.7 Å². The maximum atomic E-state index is 12.6. The number of hydrogen-bond acceptors (Lipinski definition) is 5. The van der Waals surface area contributed by atoms with E-state index in [4.69, 9.17) is 10.00 Å². The molecule has 0 atom stereocenters. The fraction of sp³-hybridized carbons (Fsp3) is 0.250. The summed E-state index contributed by atoms with van der Waals surface area (Å²) in [5, 5.41) is 11.9. The summed E-state index contributed by atoms with van der Waals surface area (Å²) in [6.45, 7) is 1.81. The van der Waals surface area contributed by atoms with Crippen LogP contribution in [0.4, 0.5) is 11.4 Å². The Morgan fingerprint density at radius 1 is 1.12 bits per heavy atom. The number of carbonyl (C=O) groups is 2. The van der Waals surface area contributed by atoms with Gasteiger partial charge in [-0.3, -0.25) is 4.79 Å². The normalized spacial score (nSPS) is 13.2. The second-order valence-corrected chi connectivity index (χ2v) is 6.06. The van der Waals surface area contributed by atoms with Gasteiger partial charge in [-0.2, -0.15) is 5.26 Å². The fourth-order valence-corrected chi connectivity index (χ4v) is 3.04. The van der Waals surface area contributed by atoms with Crippen LogP contribution in [-0.4, -0.2) is 32.1 Å². The molecular weight excluding hydrogens is 330 g/mol. The van der Waals surface area contributed by atoms with Crippen molar-refractivity contribution >= 4 is 23.3 Å². The van der Waals surface area contributed by atoms with E-state index in [0.717, 1.165) is 31.6 Å². The molecule has 0 saturated carbocycles. The number of carbonyl (C=O) groups excluding carboxylic acids is 2. The molecule has 2 aromatic carbocycles. The Hall–Kier alpha value is -3.33. The van der Waals surface area contributed by atoms with Crippen molar-refractivity contribution < 1.29 is 14.3 Å². The molecule has 1 aliphatic rings. The number of esters is 1. The van der Waals surface area contributed by atoms with Crippen LogP contribution in [0.2, 0.25) is 0 Å². The highest BCUT2D eigenvalue weighted by molar-refractivity contribution is 6.07. The molecule has 132 valence electrons. The van der Waals surface area contributed by atoms with Crippen LogP contribution in [0.5, 0.6) is 0 Å². The van der Waals surface area contributed by atoms with Gasteiger partial charge in [0.25, 0.3) is 5.91 Å². The standard InChI is InChI=1S/C20H19N3O3/c1-26-20(25)16-7-8-18(23-9-2-3-10-23)17(12-16)22-19(24)15-6-4-5-14(11-15)13-21/h4-8,11-12H,2-3,9-10H2,1H3,(H,22,24). The summed E-state index contributed by atoms with van der Waals surface area (Å²) < 4.78 is 4.78. The fourth-order valence-electron chi connectivity index (χ4n) is 3.04. The number of nitrogens with one attached hydrogen (secondary N) is 1. The molecule has 0 unspecified atom stereocenters. The molecule has 6 nitrogen and oxygen atoms in total. The van der Waals surface area contributed by atoms with Crippen LogP contribution in [-0.2, 0) is 4.74 Å². The minimum atomic E-state index is -0.458. The summed E-state index contributed by atoms with van der Waals surface area (Å²) in [5.74, 6) is -0.787. The summed E-state index contributed by atoms with van der Waals surface area (Å²) in [7, 11) is 1.32. The van der Waals surface area contributed by atoms with Gasteiger partial charge >= 0.3 is 5.97 Å². The minimum Gasteiger partial charge on any atom is -0.465 e. The highest BCUT2D eigenvalue weighted by atomic mass is 16.5. The molecule has 0 bridgehead atoms. The van der Waals surface area contributed by atoms with Gasteiger partial charge in [0.2, 0.25) is 0 Å². The lowest BCUT2D eigenvalue weighted by Gasteiger charge is -2.22. The first kappa shape index (κ1) is 17.5. The Labute approximate surface area is 152 Å². The van der Waals surface area contributed by atoms with Crippen LogP contribution in [0.25, 0.3) is 0 Å². The topological polar surface area (TPSA) is 82.4 Å². The molecular formula is C20H19N3O3. The van der Waals surface area contributed by atoms with Gasteiger partial charge in [-0.15, -0.1) is 0 Å². The molecule has 0 aromatic heterocycles. The van der Waals surface area contributed by atoms with Crippen LogP contribution in [0.3, 0.4) is 0 Å². The zero-order valence-corrected chi connectivity index (χ0v) is 14.5.